The van der Waals surface area contributed by atoms with E-state index in [0.29, 0.717) is 11.6 Å². The van der Waals surface area contributed by atoms with Crippen molar-refractivity contribution in [3.63, 3.8) is 0 Å². The monoisotopic (exact) mass is 265 g/mol. The average Bonchev–Trinajstić information content (AvgIpc) is 2.81. The van der Waals surface area contributed by atoms with Crippen molar-refractivity contribution in [1.29, 1.82) is 0 Å². The number of hydrogen-bond acceptors (Lipinski definition) is 3. The molecule has 0 aliphatic heterocycles. The molecule has 1 N–H and O–H groups in total. The summed E-state index contributed by atoms with van der Waals surface area (Å²) in [5, 5.41) is 3.93. The predicted octanol–water partition coefficient (Wildman–Crippen LogP) is 3.62. The third-order valence-corrected chi connectivity index (χ3v) is 2.80. The lowest BCUT2D eigenvalue weighted by Gasteiger charge is -2.06. The second-order valence-corrected chi connectivity index (χ2v) is 4.33. The molecule has 2 aromatic rings. The van der Waals surface area contributed by atoms with Gasteiger partial charge in [0, 0.05) is 17.1 Å². The van der Waals surface area contributed by atoms with Gasteiger partial charge < -0.3 is 14.5 Å². The van der Waals surface area contributed by atoms with Crippen LogP contribution >= 0.6 is 11.6 Å². The van der Waals surface area contributed by atoms with E-state index in [-0.39, 0.29) is 0 Å². The first-order valence-electron chi connectivity index (χ1n) is 5.94. The molecule has 0 saturated heterocycles. The molecule has 96 valence electrons. The fraction of sp³-hybridized carbons (Fsp3) is 0.286. The van der Waals surface area contributed by atoms with E-state index < -0.39 is 0 Å². The largest absolute Gasteiger partial charge is 0.486 e. The number of hydrogen-bond donors (Lipinski definition) is 1. The second-order valence-electron chi connectivity index (χ2n) is 3.90. The average molecular weight is 266 g/mol. The van der Waals surface area contributed by atoms with Crippen LogP contribution in [0.25, 0.3) is 0 Å². The summed E-state index contributed by atoms with van der Waals surface area (Å²) >= 11 is 5.89. The highest BCUT2D eigenvalue weighted by Crippen LogP contribution is 2.19. The quantitative estimate of drug-likeness (QED) is 0.866. The number of halogens is 1. The fourth-order valence-electron chi connectivity index (χ4n) is 1.62. The molecule has 0 amide bonds. The van der Waals surface area contributed by atoms with Crippen LogP contribution in [-0.4, -0.2) is 6.54 Å². The van der Waals surface area contributed by atoms with E-state index in [1.165, 1.54) is 0 Å². The van der Waals surface area contributed by atoms with Gasteiger partial charge in [0.15, 0.2) is 0 Å². The highest BCUT2D eigenvalue weighted by Gasteiger charge is 2.06. The topological polar surface area (TPSA) is 34.4 Å². The van der Waals surface area contributed by atoms with Gasteiger partial charge in [0.2, 0.25) is 0 Å². The highest BCUT2D eigenvalue weighted by molar-refractivity contribution is 6.30. The van der Waals surface area contributed by atoms with Gasteiger partial charge in [-0.3, -0.25) is 0 Å². The molecule has 0 radical (unpaired) electrons. The first-order valence-corrected chi connectivity index (χ1v) is 6.31. The first kappa shape index (κ1) is 13.0. The number of rotatable bonds is 6. The van der Waals surface area contributed by atoms with Crippen LogP contribution in [0, 0.1) is 0 Å². The molecular formula is C14H16ClNO2. The third-order valence-electron chi connectivity index (χ3n) is 2.57. The van der Waals surface area contributed by atoms with Crippen molar-refractivity contribution in [3.8, 4) is 5.75 Å². The molecule has 0 fully saturated rings. The van der Waals surface area contributed by atoms with Gasteiger partial charge in [-0.05, 0) is 30.8 Å². The molecule has 1 aromatic carbocycles. The van der Waals surface area contributed by atoms with E-state index >= 15 is 0 Å². The van der Waals surface area contributed by atoms with Crippen LogP contribution in [0.15, 0.2) is 41.0 Å². The lowest BCUT2D eigenvalue weighted by molar-refractivity contribution is 0.268. The summed E-state index contributed by atoms with van der Waals surface area (Å²) in [6.45, 7) is 4.21. The molecule has 18 heavy (non-hydrogen) atoms. The molecular weight excluding hydrogens is 250 g/mol. The number of benzene rings is 1. The summed E-state index contributed by atoms with van der Waals surface area (Å²) in [4.78, 5) is 0. The maximum atomic E-state index is 5.89. The molecule has 1 aromatic heterocycles. The minimum absolute atomic E-state index is 0.411. The maximum absolute atomic E-state index is 5.89. The van der Waals surface area contributed by atoms with Crippen molar-refractivity contribution in [2.24, 2.45) is 0 Å². The van der Waals surface area contributed by atoms with Crippen LogP contribution in [0.4, 0.5) is 0 Å². The van der Waals surface area contributed by atoms with Crippen LogP contribution in [-0.2, 0) is 13.2 Å². The summed E-state index contributed by atoms with van der Waals surface area (Å²) in [5.41, 5.74) is 1.12. The Morgan fingerprint density at radius 3 is 3.00 bits per heavy atom. The van der Waals surface area contributed by atoms with E-state index in [4.69, 9.17) is 20.8 Å². The molecule has 0 atom stereocenters. The van der Waals surface area contributed by atoms with Crippen molar-refractivity contribution in [2.45, 2.75) is 20.1 Å². The number of nitrogens with one attached hydrogen (secondary N) is 1. The van der Waals surface area contributed by atoms with E-state index in [0.717, 1.165) is 30.2 Å². The Labute approximate surface area is 112 Å². The van der Waals surface area contributed by atoms with Crippen molar-refractivity contribution in [2.75, 3.05) is 6.54 Å². The van der Waals surface area contributed by atoms with Gasteiger partial charge >= 0.3 is 0 Å². The van der Waals surface area contributed by atoms with Gasteiger partial charge in [0.25, 0.3) is 0 Å². The summed E-state index contributed by atoms with van der Waals surface area (Å²) in [6.07, 6.45) is 1.68. The Balaban J connectivity index is 1.95. The molecule has 2 rings (SSSR count). The van der Waals surface area contributed by atoms with Gasteiger partial charge in [-0.1, -0.05) is 24.6 Å². The molecule has 3 nitrogen and oxygen atoms in total. The second kappa shape index (κ2) is 6.47. The Morgan fingerprint density at radius 2 is 2.22 bits per heavy atom. The molecule has 1 heterocycles. The standard InChI is InChI=1S/C14H16ClNO2/c1-2-16-9-11-6-7-17-14(11)10-18-13-5-3-4-12(15)8-13/h3-8,16H,2,9-10H2,1H3. The molecule has 0 spiro atoms. The van der Waals surface area contributed by atoms with Gasteiger partial charge in [0.1, 0.15) is 18.1 Å². The zero-order valence-electron chi connectivity index (χ0n) is 10.3. The lowest BCUT2D eigenvalue weighted by Crippen LogP contribution is -2.12. The lowest BCUT2D eigenvalue weighted by atomic mass is 10.2. The third kappa shape index (κ3) is 3.52. The van der Waals surface area contributed by atoms with Crippen LogP contribution in [0.1, 0.15) is 18.2 Å². The van der Waals surface area contributed by atoms with E-state index in [2.05, 4.69) is 12.2 Å². The molecule has 0 bridgehead atoms. The molecule has 0 aliphatic carbocycles. The minimum Gasteiger partial charge on any atom is -0.486 e. The summed E-state index contributed by atoms with van der Waals surface area (Å²) in [5.74, 6) is 1.59. The normalized spacial score (nSPS) is 10.6. The van der Waals surface area contributed by atoms with E-state index in [1.807, 2.05) is 24.3 Å². The zero-order valence-corrected chi connectivity index (χ0v) is 11.0. The van der Waals surface area contributed by atoms with E-state index in [1.54, 1.807) is 12.3 Å². The van der Waals surface area contributed by atoms with Crippen LogP contribution < -0.4 is 10.1 Å². The van der Waals surface area contributed by atoms with Crippen molar-refractivity contribution in [1.82, 2.24) is 5.32 Å². The first-order chi connectivity index (χ1) is 8.79. The summed E-state index contributed by atoms with van der Waals surface area (Å²) < 4.78 is 11.1. The number of ether oxygens (including phenoxy) is 1. The van der Waals surface area contributed by atoms with Gasteiger partial charge in [0.05, 0.1) is 6.26 Å². The Bertz CT molecular complexity index is 496. The van der Waals surface area contributed by atoms with Crippen LogP contribution in [0.5, 0.6) is 5.75 Å². The Hall–Kier alpha value is -1.45. The van der Waals surface area contributed by atoms with Crippen molar-refractivity contribution in [3.05, 3.63) is 52.9 Å². The van der Waals surface area contributed by atoms with E-state index in [9.17, 15) is 0 Å². The Morgan fingerprint density at radius 1 is 1.33 bits per heavy atom. The molecule has 4 heteroatoms. The SMILES string of the molecule is CCNCc1ccoc1COc1cccc(Cl)c1. The van der Waals surface area contributed by atoms with Gasteiger partial charge in [-0.15, -0.1) is 0 Å². The molecule has 0 saturated carbocycles. The minimum atomic E-state index is 0.411. The predicted molar refractivity (Wildman–Crippen MR) is 71.9 cm³/mol. The number of furan rings is 1. The smallest absolute Gasteiger partial charge is 0.146 e. The Kier molecular flexibility index (Phi) is 4.67. The van der Waals surface area contributed by atoms with Crippen LogP contribution in [0.2, 0.25) is 5.02 Å². The zero-order chi connectivity index (χ0) is 12.8. The van der Waals surface area contributed by atoms with Gasteiger partial charge in [-0.25, -0.2) is 0 Å². The maximum Gasteiger partial charge on any atom is 0.146 e. The van der Waals surface area contributed by atoms with Gasteiger partial charge in [-0.2, -0.15) is 0 Å². The fourth-order valence-corrected chi connectivity index (χ4v) is 1.80. The molecule has 0 aliphatic rings. The molecule has 0 unspecified atom stereocenters. The van der Waals surface area contributed by atoms with Crippen LogP contribution in [0.3, 0.4) is 0 Å². The van der Waals surface area contributed by atoms with Crippen molar-refractivity contribution >= 4 is 11.6 Å². The summed E-state index contributed by atoms with van der Waals surface area (Å²) in [6, 6.07) is 9.30. The van der Waals surface area contributed by atoms with Crippen molar-refractivity contribution < 1.29 is 9.15 Å². The summed E-state index contributed by atoms with van der Waals surface area (Å²) in [7, 11) is 0. The highest BCUT2D eigenvalue weighted by atomic mass is 35.5.